The Hall–Kier alpha value is -1.35. The number of aromatic nitrogens is 2. The molecule has 152 valence electrons. The van der Waals surface area contributed by atoms with Crippen LogP contribution >= 0.6 is 0 Å². The standard InChI is InChI=1S/C25H36N2O/c1-18-4-7-22-21-6-5-19-16-20(28-15-14-27-13-12-26-17-27)8-10-25(19,3)23(21)9-11-24(18,22)2/h12-13,16-17,20-23H,1,4-11,14-15H2,2-3H3/t20-,21?,22?,23?,24+,25-/m0/s1. The van der Waals surface area contributed by atoms with Gasteiger partial charge in [-0.25, -0.2) is 4.98 Å². The van der Waals surface area contributed by atoms with Gasteiger partial charge >= 0.3 is 0 Å². The van der Waals surface area contributed by atoms with Gasteiger partial charge in [-0.05, 0) is 80.0 Å². The first-order valence-electron chi connectivity index (χ1n) is 11.5. The molecule has 0 amide bonds. The number of allylic oxidation sites excluding steroid dienone is 2. The first kappa shape index (κ1) is 18.7. The molecule has 1 heterocycles. The smallest absolute Gasteiger partial charge is 0.0946 e. The summed E-state index contributed by atoms with van der Waals surface area (Å²) in [6.45, 7) is 11.3. The fourth-order valence-electron chi connectivity index (χ4n) is 7.46. The van der Waals surface area contributed by atoms with E-state index in [-0.39, 0.29) is 0 Å². The molecule has 4 aliphatic carbocycles. The Morgan fingerprint density at radius 3 is 2.75 bits per heavy atom. The van der Waals surface area contributed by atoms with Gasteiger partial charge in [-0.2, -0.15) is 0 Å². The van der Waals surface area contributed by atoms with E-state index >= 15 is 0 Å². The molecule has 3 nitrogen and oxygen atoms in total. The third-order valence-corrected chi connectivity index (χ3v) is 9.27. The van der Waals surface area contributed by atoms with E-state index in [1.807, 2.05) is 18.7 Å². The lowest BCUT2D eigenvalue weighted by Crippen LogP contribution is -2.49. The molecule has 0 bridgehead atoms. The molecule has 0 saturated heterocycles. The SMILES string of the molecule is C=C1CCC2C3CCC4=C[C@@H](OCCn5ccnc5)CC[C@]4(C)C3CC[C@]12C. The minimum atomic E-state index is 0.309. The first-order valence-corrected chi connectivity index (χ1v) is 11.5. The van der Waals surface area contributed by atoms with Gasteiger partial charge in [0.2, 0.25) is 0 Å². The summed E-state index contributed by atoms with van der Waals surface area (Å²) in [6.07, 6.45) is 19.1. The molecule has 1 aromatic rings. The van der Waals surface area contributed by atoms with Gasteiger partial charge in [0.1, 0.15) is 0 Å². The zero-order valence-electron chi connectivity index (χ0n) is 17.7. The summed E-state index contributed by atoms with van der Waals surface area (Å²) in [4.78, 5) is 4.11. The second-order valence-electron chi connectivity index (χ2n) is 10.4. The van der Waals surface area contributed by atoms with E-state index in [4.69, 9.17) is 4.74 Å². The number of imidazole rings is 1. The molecule has 6 atom stereocenters. The van der Waals surface area contributed by atoms with E-state index in [1.54, 1.807) is 11.1 Å². The zero-order chi connectivity index (χ0) is 19.4. The highest BCUT2D eigenvalue weighted by Crippen LogP contribution is 2.66. The Kier molecular flexibility index (Phi) is 4.58. The van der Waals surface area contributed by atoms with E-state index in [1.165, 1.54) is 51.4 Å². The molecule has 28 heavy (non-hydrogen) atoms. The van der Waals surface area contributed by atoms with Crippen LogP contribution in [0.1, 0.15) is 65.2 Å². The van der Waals surface area contributed by atoms with Gasteiger partial charge < -0.3 is 9.30 Å². The Morgan fingerprint density at radius 2 is 1.93 bits per heavy atom. The number of hydrogen-bond donors (Lipinski definition) is 0. The van der Waals surface area contributed by atoms with Crippen molar-refractivity contribution in [3.8, 4) is 0 Å². The maximum Gasteiger partial charge on any atom is 0.0946 e. The predicted octanol–water partition coefficient (Wildman–Crippen LogP) is 5.79. The molecule has 4 aliphatic rings. The molecule has 0 aromatic carbocycles. The molecule has 0 spiro atoms. The maximum atomic E-state index is 6.25. The van der Waals surface area contributed by atoms with Crippen LogP contribution in [0.3, 0.4) is 0 Å². The van der Waals surface area contributed by atoms with Crippen molar-refractivity contribution in [2.45, 2.75) is 77.9 Å². The van der Waals surface area contributed by atoms with Crippen molar-refractivity contribution >= 4 is 0 Å². The maximum absolute atomic E-state index is 6.25. The number of hydrogen-bond acceptors (Lipinski definition) is 2. The van der Waals surface area contributed by atoms with Crippen LogP contribution in [0.5, 0.6) is 0 Å². The Morgan fingerprint density at radius 1 is 1.11 bits per heavy atom. The van der Waals surface area contributed by atoms with Gasteiger partial charge in [0, 0.05) is 18.9 Å². The molecule has 5 rings (SSSR count). The van der Waals surface area contributed by atoms with Crippen LogP contribution < -0.4 is 0 Å². The van der Waals surface area contributed by atoms with Crippen molar-refractivity contribution in [3.63, 3.8) is 0 Å². The molecule has 0 aliphatic heterocycles. The fraction of sp³-hybridized carbons (Fsp3) is 0.720. The van der Waals surface area contributed by atoms with Crippen molar-refractivity contribution in [2.24, 2.45) is 28.6 Å². The van der Waals surface area contributed by atoms with Crippen molar-refractivity contribution < 1.29 is 4.74 Å². The molecule has 3 unspecified atom stereocenters. The summed E-state index contributed by atoms with van der Waals surface area (Å²) in [6, 6.07) is 0. The van der Waals surface area contributed by atoms with E-state index < -0.39 is 0 Å². The monoisotopic (exact) mass is 380 g/mol. The van der Waals surface area contributed by atoms with E-state index in [9.17, 15) is 0 Å². The lowest BCUT2D eigenvalue weighted by Gasteiger charge is -2.58. The van der Waals surface area contributed by atoms with Gasteiger partial charge in [0.15, 0.2) is 0 Å². The van der Waals surface area contributed by atoms with Gasteiger partial charge in [0.25, 0.3) is 0 Å². The minimum Gasteiger partial charge on any atom is -0.372 e. The van der Waals surface area contributed by atoms with Crippen LogP contribution in [0.15, 0.2) is 42.5 Å². The number of ether oxygens (including phenoxy) is 1. The molecule has 1 aromatic heterocycles. The number of fused-ring (bicyclic) bond motifs is 5. The van der Waals surface area contributed by atoms with Crippen LogP contribution in [-0.4, -0.2) is 22.3 Å². The molecule has 3 saturated carbocycles. The summed E-state index contributed by atoms with van der Waals surface area (Å²) in [5.41, 5.74) is 4.12. The summed E-state index contributed by atoms with van der Waals surface area (Å²) >= 11 is 0. The first-order chi connectivity index (χ1) is 13.5. The van der Waals surface area contributed by atoms with Crippen molar-refractivity contribution in [2.75, 3.05) is 6.61 Å². The van der Waals surface area contributed by atoms with Crippen LogP contribution in [-0.2, 0) is 11.3 Å². The van der Waals surface area contributed by atoms with Crippen LogP contribution in [0.25, 0.3) is 0 Å². The third-order valence-electron chi connectivity index (χ3n) is 9.27. The quantitative estimate of drug-likeness (QED) is 0.618. The lowest BCUT2D eigenvalue weighted by molar-refractivity contribution is -0.0372. The number of nitrogens with zero attached hydrogens (tertiary/aromatic N) is 2. The molecule has 3 fully saturated rings. The zero-order valence-corrected chi connectivity index (χ0v) is 17.7. The van der Waals surface area contributed by atoms with Crippen LogP contribution in [0.4, 0.5) is 0 Å². The molecule has 0 N–H and O–H groups in total. The minimum absolute atomic E-state index is 0.309. The highest BCUT2D eigenvalue weighted by Gasteiger charge is 2.57. The normalized spacial score (nSPS) is 42.5. The second-order valence-corrected chi connectivity index (χ2v) is 10.4. The molecular weight excluding hydrogens is 344 g/mol. The Bertz CT molecular complexity index is 766. The van der Waals surface area contributed by atoms with Crippen LogP contribution in [0.2, 0.25) is 0 Å². The average molecular weight is 381 g/mol. The summed E-state index contributed by atoms with van der Waals surface area (Å²) in [5, 5.41) is 0. The van der Waals surface area contributed by atoms with Crippen molar-refractivity contribution in [3.05, 3.63) is 42.5 Å². The van der Waals surface area contributed by atoms with Gasteiger partial charge in [0.05, 0.1) is 19.0 Å². The third kappa shape index (κ3) is 2.84. The summed E-state index contributed by atoms with van der Waals surface area (Å²) in [5.74, 6) is 2.68. The van der Waals surface area contributed by atoms with Crippen LogP contribution in [0, 0.1) is 28.6 Å². The highest BCUT2D eigenvalue weighted by molar-refractivity contribution is 5.28. The van der Waals surface area contributed by atoms with Gasteiger partial charge in [-0.1, -0.05) is 37.6 Å². The number of rotatable bonds is 4. The molecule has 0 radical (unpaired) electrons. The van der Waals surface area contributed by atoms with Crippen molar-refractivity contribution in [1.82, 2.24) is 9.55 Å². The Labute approximate surface area is 170 Å². The van der Waals surface area contributed by atoms with E-state index in [0.29, 0.717) is 16.9 Å². The summed E-state index contributed by atoms with van der Waals surface area (Å²) < 4.78 is 8.35. The van der Waals surface area contributed by atoms with E-state index in [2.05, 4.69) is 36.1 Å². The fourth-order valence-corrected chi connectivity index (χ4v) is 7.46. The lowest BCUT2D eigenvalue weighted by atomic mass is 9.47. The average Bonchev–Trinajstić information content (AvgIpc) is 3.30. The molecule has 3 heteroatoms. The van der Waals surface area contributed by atoms with Gasteiger partial charge in [-0.15, -0.1) is 0 Å². The molecular formula is C25H36N2O. The second kappa shape index (κ2) is 6.86. The van der Waals surface area contributed by atoms with E-state index in [0.717, 1.165) is 30.9 Å². The highest BCUT2D eigenvalue weighted by atomic mass is 16.5. The summed E-state index contributed by atoms with van der Waals surface area (Å²) in [7, 11) is 0. The topological polar surface area (TPSA) is 27.1 Å². The van der Waals surface area contributed by atoms with Crippen molar-refractivity contribution in [1.29, 1.82) is 0 Å². The predicted molar refractivity (Wildman–Crippen MR) is 113 cm³/mol. The van der Waals surface area contributed by atoms with Gasteiger partial charge in [-0.3, -0.25) is 0 Å². The Balaban J connectivity index is 1.28. The largest absolute Gasteiger partial charge is 0.372 e.